The first-order chi connectivity index (χ1) is 14.6. The molecule has 2 N–H and O–H groups in total. The van der Waals surface area contributed by atoms with Gasteiger partial charge in [-0.05, 0) is 31.0 Å². The van der Waals surface area contributed by atoms with Crippen LogP contribution in [0.5, 0.6) is 17.2 Å². The predicted octanol–water partition coefficient (Wildman–Crippen LogP) is 2.23. The number of carbonyl (C=O) groups excluding carboxylic acids is 2. The minimum Gasteiger partial charge on any atom is -0.496 e. The maximum absolute atomic E-state index is 12.5. The number of anilines is 1. The van der Waals surface area contributed by atoms with Crippen LogP contribution in [-0.2, 0) is 19.7 Å². The highest BCUT2D eigenvalue weighted by Crippen LogP contribution is 2.39. The van der Waals surface area contributed by atoms with Crippen LogP contribution in [0.3, 0.4) is 0 Å². The SMILES string of the molecule is COc1ccccc1C1(CNC(=O)C(=O)Nc2ccc3c(c2)OCO3)CCOCC1. The zero-order valence-electron chi connectivity index (χ0n) is 16.7. The van der Waals surface area contributed by atoms with Crippen LogP contribution in [0.1, 0.15) is 18.4 Å². The number of ether oxygens (including phenoxy) is 4. The lowest BCUT2D eigenvalue weighted by Gasteiger charge is -2.38. The second-order valence-electron chi connectivity index (χ2n) is 7.30. The fourth-order valence-electron chi connectivity index (χ4n) is 3.88. The quantitative estimate of drug-likeness (QED) is 0.732. The molecule has 2 aliphatic rings. The Bertz CT molecular complexity index is 939. The number of rotatable bonds is 5. The van der Waals surface area contributed by atoms with Crippen molar-refractivity contribution in [3.63, 3.8) is 0 Å². The Morgan fingerprint density at radius 2 is 1.80 bits per heavy atom. The highest BCUT2D eigenvalue weighted by molar-refractivity contribution is 6.39. The molecule has 1 fully saturated rings. The molecule has 158 valence electrons. The van der Waals surface area contributed by atoms with E-state index < -0.39 is 11.8 Å². The minimum atomic E-state index is -0.740. The first kappa shape index (κ1) is 20.0. The van der Waals surface area contributed by atoms with E-state index in [0.29, 0.717) is 36.9 Å². The van der Waals surface area contributed by atoms with E-state index in [1.807, 2.05) is 24.3 Å². The predicted molar refractivity (Wildman–Crippen MR) is 109 cm³/mol. The summed E-state index contributed by atoms with van der Waals surface area (Å²) in [5, 5.41) is 5.40. The van der Waals surface area contributed by atoms with Crippen molar-refractivity contribution in [2.75, 3.05) is 39.0 Å². The number of nitrogens with one attached hydrogen (secondary N) is 2. The van der Waals surface area contributed by atoms with Gasteiger partial charge in [-0.2, -0.15) is 0 Å². The minimum absolute atomic E-state index is 0.141. The molecule has 0 saturated carbocycles. The molecule has 2 aromatic carbocycles. The van der Waals surface area contributed by atoms with Crippen LogP contribution in [-0.4, -0.2) is 45.5 Å². The molecule has 2 aliphatic heterocycles. The molecule has 0 spiro atoms. The number of hydrogen-bond donors (Lipinski definition) is 2. The summed E-state index contributed by atoms with van der Waals surface area (Å²) in [5.74, 6) is 0.462. The van der Waals surface area contributed by atoms with Gasteiger partial charge in [0.25, 0.3) is 0 Å². The third-order valence-corrected chi connectivity index (χ3v) is 5.55. The Balaban J connectivity index is 1.44. The molecule has 2 amide bonds. The third kappa shape index (κ3) is 4.04. The number of fused-ring (bicyclic) bond motifs is 1. The van der Waals surface area contributed by atoms with Crippen molar-refractivity contribution in [2.24, 2.45) is 0 Å². The van der Waals surface area contributed by atoms with Gasteiger partial charge in [-0.15, -0.1) is 0 Å². The van der Waals surface area contributed by atoms with Crippen LogP contribution in [0.25, 0.3) is 0 Å². The lowest BCUT2D eigenvalue weighted by molar-refractivity contribution is -0.136. The lowest BCUT2D eigenvalue weighted by Crippen LogP contribution is -2.47. The van der Waals surface area contributed by atoms with Crippen molar-refractivity contribution in [3.8, 4) is 17.2 Å². The van der Waals surface area contributed by atoms with Gasteiger partial charge in [0, 0.05) is 42.5 Å². The Kier molecular flexibility index (Phi) is 5.76. The van der Waals surface area contributed by atoms with E-state index in [2.05, 4.69) is 10.6 Å². The van der Waals surface area contributed by atoms with Gasteiger partial charge in [-0.3, -0.25) is 9.59 Å². The monoisotopic (exact) mass is 412 g/mol. The largest absolute Gasteiger partial charge is 0.496 e. The van der Waals surface area contributed by atoms with Crippen molar-refractivity contribution in [2.45, 2.75) is 18.3 Å². The number of methoxy groups -OCH3 is 1. The van der Waals surface area contributed by atoms with Gasteiger partial charge >= 0.3 is 11.8 Å². The van der Waals surface area contributed by atoms with E-state index in [9.17, 15) is 9.59 Å². The normalized spacial score (nSPS) is 16.6. The fourth-order valence-corrected chi connectivity index (χ4v) is 3.88. The van der Waals surface area contributed by atoms with Gasteiger partial charge in [0.2, 0.25) is 6.79 Å². The molecule has 4 rings (SSSR count). The summed E-state index contributed by atoms with van der Waals surface area (Å²) in [4.78, 5) is 24.9. The molecule has 0 atom stereocenters. The molecule has 1 saturated heterocycles. The fraction of sp³-hybridized carbons (Fsp3) is 0.364. The van der Waals surface area contributed by atoms with Crippen LogP contribution < -0.4 is 24.8 Å². The summed E-state index contributed by atoms with van der Waals surface area (Å²) >= 11 is 0. The average Bonchev–Trinajstić information content (AvgIpc) is 3.26. The summed E-state index contributed by atoms with van der Waals surface area (Å²) in [5.41, 5.74) is 1.11. The van der Waals surface area contributed by atoms with Gasteiger partial charge < -0.3 is 29.6 Å². The second-order valence-corrected chi connectivity index (χ2v) is 7.30. The smallest absolute Gasteiger partial charge is 0.313 e. The van der Waals surface area contributed by atoms with Crippen molar-refractivity contribution < 1.29 is 28.5 Å². The molecule has 8 nitrogen and oxygen atoms in total. The topological polar surface area (TPSA) is 95.1 Å². The molecular weight excluding hydrogens is 388 g/mol. The van der Waals surface area contributed by atoms with E-state index in [0.717, 1.165) is 24.2 Å². The number of benzene rings is 2. The van der Waals surface area contributed by atoms with Crippen LogP contribution in [0, 0.1) is 0 Å². The maximum atomic E-state index is 12.5. The molecule has 30 heavy (non-hydrogen) atoms. The molecule has 0 aromatic heterocycles. The number of hydrogen-bond acceptors (Lipinski definition) is 6. The van der Waals surface area contributed by atoms with E-state index in [-0.39, 0.29) is 12.2 Å². The average molecular weight is 412 g/mol. The zero-order valence-corrected chi connectivity index (χ0v) is 16.7. The van der Waals surface area contributed by atoms with E-state index in [1.165, 1.54) is 0 Å². The molecule has 0 bridgehead atoms. The molecule has 0 radical (unpaired) electrons. The van der Waals surface area contributed by atoms with Crippen LogP contribution in [0.15, 0.2) is 42.5 Å². The third-order valence-electron chi connectivity index (χ3n) is 5.55. The van der Waals surface area contributed by atoms with Gasteiger partial charge in [0.1, 0.15) is 5.75 Å². The van der Waals surface area contributed by atoms with Crippen LogP contribution in [0.2, 0.25) is 0 Å². The summed E-state index contributed by atoms with van der Waals surface area (Å²) in [6.07, 6.45) is 1.44. The lowest BCUT2D eigenvalue weighted by atomic mass is 9.73. The first-order valence-electron chi connectivity index (χ1n) is 9.81. The molecule has 0 aliphatic carbocycles. The zero-order chi connectivity index (χ0) is 21.0. The van der Waals surface area contributed by atoms with Gasteiger partial charge in [0.05, 0.1) is 7.11 Å². The van der Waals surface area contributed by atoms with Crippen LogP contribution in [0.4, 0.5) is 5.69 Å². The van der Waals surface area contributed by atoms with Crippen LogP contribution >= 0.6 is 0 Å². The summed E-state index contributed by atoms with van der Waals surface area (Å²) in [7, 11) is 1.63. The number of para-hydroxylation sites is 1. The maximum Gasteiger partial charge on any atom is 0.313 e. The van der Waals surface area contributed by atoms with Gasteiger partial charge in [-0.25, -0.2) is 0 Å². The summed E-state index contributed by atoms with van der Waals surface area (Å²) in [6.45, 7) is 1.61. The first-order valence-corrected chi connectivity index (χ1v) is 9.81. The van der Waals surface area contributed by atoms with Crippen molar-refractivity contribution in [3.05, 3.63) is 48.0 Å². The van der Waals surface area contributed by atoms with E-state index in [4.69, 9.17) is 18.9 Å². The highest BCUT2D eigenvalue weighted by atomic mass is 16.7. The Morgan fingerprint density at radius 3 is 2.60 bits per heavy atom. The molecule has 0 unspecified atom stereocenters. The van der Waals surface area contributed by atoms with Gasteiger partial charge in [0.15, 0.2) is 11.5 Å². The Morgan fingerprint density at radius 1 is 1.03 bits per heavy atom. The molecule has 8 heteroatoms. The number of carbonyl (C=O) groups is 2. The summed E-state index contributed by atoms with van der Waals surface area (Å²) in [6, 6.07) is 12.7. The van der Waals surface area contributed by atoms with Crippen molar-refractivity contribution >= 4 is 17.5 Å². The Hall–Kier alpha value is -3.26. The highest BCUT2D eigenvalue weighted by Gasteiger charge is 2.37. The molecule has 2 heterocycles. The van der Waals surface area contributed by atoms with Crippen molar-refractivity contribution in [1.82, 2.24) is 5.32 Å². The Labute approximate surface area is 174 Å². The van der Waals surface area contributed by atoms with E-state index in [1.54, 1.807) is 25.3 Å². The van der Waals surface area contributed by atoms with Gasteiger partial charge in [-0.1, -0.05) is 18.2 Å². The molecule has 2 aromatic rings. The standard InChI is InChI=1S/C22H24N2O6/c1-27-17-5-3-2-4-16(17)22(8-10-28-11-9-22)13-23-20(25)21(26)24-15-6-7-18-19(12-15)30-14-29-18/h2-7,12H,8-11,13-14H2,1H3,(H,23,25)(H,24,26). The van der Waals surface area contributed by atoms with Crippen molar-refractivity contribution in [1.29, 1.82) is 0 Å². The summed E-state index contributed by atoms with van der Waals surface area (Å²) < 4.78 is 21.6. The molecular formula is C22H24N2O6. The van der Waals surface area contributed by atoms with E-state index >= 15 is 0 Å². The number of amides is 2. The second kappa shape index (κ2) is 8.62.